The zero-order valence-electron chi connectivity index (χ0n) is 18.8. The van der Waals surface area contributed by atoms with E-state index in [4.69, 9.17) is 16.1 Å². The zero-order valence-corrected chi connectivity index (χ0v) is 19.6. The number of urea groups is 1. The first-order valence-corrected chi connectivity index (χ1v) is 11.6. The quantitative estimate of drug-likeness (QED) is 0.524. The van der Waals surface area contributed by atoms with Gasteiger partial charge in [-0.05, 0) is 42.0 Å². The standard InChI is InChI=1S/C24H23ClN6O4/c25-19-6-4-17(5-7-19)22-27-20(35-28-22)15-29-8-10-30(11-9-29)23(33)18-3-1-2-16(12-18)14-31-21(32)13-26-24(31)34/h1-7,12H,8-11,13-15H2,(H,26,34). The number of carbonyl (C=O) groups is 3. The maximum atomic E-state index is 13.1. The third kappa shape index (κ3) is 5.18. The van der Waals surface area contributed by atoms with Crippen molar-refractivity contribution < 1.29 is 18.9 Å². The monoisotopic (exact) mass is 494 g/mol. The maximum absolute atomic E-state index is 13.1. The second-order valence-electron chi connectivity index (χ2n) is 8.43. The van der Waals surface area contributed by atoms with Crippen LogP contribution in [0.25, 0.3) is 11.4 Å². The maximum Gasteiger partial charge on any atom is 0.324 e. The van der Waals surface area contributed by atoms with Gasteiger partial charge in [0.15, 0.2) is 0 Å². The highest BCUT2D eigenvalue weighted by molar-refractivity contribution is 6.30. The van der Waals surface area contributed by atoms with Gasteiger partial charge >= 0.3 is 6.03 Å². The molecule has 35 heavy (non-hydrogen) atoms. The molecule has 5 rings (SSSR count). The van der Waals surface area contributed by atoms with E-state index in [2.05, 4.69) is 20.4 Å². The Morgan fingerprint density at radius 1 is 1.03 bits per heavy atom. The summed E-state index contributed by atoms with van der Waals surface area (Å²) in [7, 11) is 0. The zero-order chi connectivity index (χ0) is 24.4. The Morgan fingerprint density at radius 3 is 2.51 bits per heavy atom. The van der Waals surface area contributed by atoms with Crippen LogP contribution in [0.1, 0.15) is 21.8 Å². The Bertz CT molecular complexity index is 1240. The van der Waals surface area contributed by atoms with Crippen LogP contribution in [0.15, 0.2) is 53.1 Å². The highest BCUT2D eigenvalue weighted by Gasteiger charge is 2.29. The van der Waals surface area contributed by atoms with E-state index in [0.29, 0.717) is 55.0 Å². The Balaban J connectivity index is 1.16. The van der Waals surface area contributed by atoms with Crippen LogP contribution in [0.2, 0.25) is 5.02 Å². The third-order valence-electron chi connectivity index (χ3n) is 6.04. The summed E-state index contributed by atoms with van der Waals surface area (Å²) in [6.07, 6.45) is 0. The highest BCUT2D eigenvalue weighted by Crippen LogP contribution is 2.20. The van der Waals surface area contributed by atoms with Crippen molar-refractivity contribution >= 4 is 29.4 Å². The fraction of sp³-hybridized carbons (Fsp3) is 0.292. The summed E-state index contributed by atoms with van der Waals surface area (Å²) >= 11 is 5.93. The molecule has 0 saturated carbocycles. The minimum absolute atomic E-state index is 0.00770. The molecule has 2 saturated heterocycles. The predicted octanol–water partition coefficient (Wildman–Crippen LogP) is 2.40. The van der Waals surface area contributed by atoms with Crippen LogP contribution in [0, 0.1) is 0 Å². The number of nitrogens with one attached hydrogen (secondary N) is 1. The summed E-state index contributed by atoms with van der Waals surface area (Å²) in [6, 6.07) is 13.9. The van der Waals surface area contributed by atoms with Gasteiger partial charge in [-0.3, -0.25) is 19.4 Å². The number of aromatic nitrogens is 2. The molecule has 3 aromatic rings. The number of benzene rings is 2. The van der Waals surface area contributed by atoms with Gasteiger partial charge in [-0.15, -0.1) is 0 Å². The number of nitrogens with zero attached hydrogens (tertiary/aromatic N) is 5. The predicted molar refractivity (Wildman–Crippen MR) is 126 cm³/mol. The van der Waals surface area contributed by atoms with E-state index >= 15 is 0 Å². The van der Waals surface area contributed by atoms with Gasteiger partial charge in [0, 0.05) is 42.3 Å². The molecule has 180 valence electrons. The van der Waals surface area contributed by atoms with Gasteiger partial charge in [0.1, 0.15) is 0 Å². The third-order valence-corrected chi connectivity index (χ3v) is 6.29. The Hall–Kier alpha value is -3.76. The van der Waals surface area contributed by atoms with Crippen molar-refractivity contribution in [3.63, 3.8) is 0 Å². The van der Waals surface area contributed by atoms with Crippen molar-refractivity contribution in [2.24, 2.45) is 0 Å². The number of amides is 4. The van der Waals surface area contributed by atoms with Crippen molar-refractivity contribution in [3.05, 3.63) is 70.6 Å². The molecule has 2 fully saturated rings. The molecule has 0 aliphatic carbocycles. The van der Waals surface area contributed by atoms with Crippen molar-refractivity contribution in [1.29, 1.82) is 0 Å². The number of rotatable bonds is 6. The Morgan fingerprint density at radius 2 is 1.80 bits per heavy atom. The smallest absolute Gasteiger partial charge is 0.324 e. The van der Waals surface area contributed by atoms with E-state index in [9.17, 15) is 14.4 Å². The molecule has 0 spiro atoms. The van der Waals surface area contributed by atoms with E-state index in [0.717, 1.165) is 16.0 Å². The van der Waals surface area contributed by atoms with Crippen LogP contribution < -0.4 is 5.32 Å². The molecule has 0 unspecified atom stereocenters. The summed E-state index contributed by atoms with van der Waals surface area (Å²) in [5.74, 6) is 0.678. The summed E-state index contributed by atoms with van der Waals surface area (Å²) in [5.41, 5.74) is 2.09. The molecule has 0 atom stereocenters. The molecule has 10 nitrogen and oxygen atoms in total. The lowest BCUT2D eigenvalue weighted by molar-refractivity contribution is -0.125. The average molecular weight is 495 g/mol. The number of halogens is 1. The first-order valence-electron chi connectivity index (χ1n) is 11.2. The number of carbonyl (C=O) groups excluding carboxylic acids is 3. The largest absolute Gasteiger partial charge is 0.338 e. The Kier molecular flexibility index (Phi) is 6.47. The summed E-state index contributed by atoms with van der Waals surface area (Å²) in [5, 5.41) is 7.19. The second kappa shape index (κ2) is 9.85. The molecule has 2 aromatic carbocycles. The molecular weight excluding hydrogens is 472 g/mol. The van der Waals surface area contributed by atoms with Crippen LogP contribution >= 0.6 is 11.6 Å². The van der Waals surface area contributed by atoms with Gasteiger partial charge in [0.2, 0.25) is 17.6 Å². The fourth-order valence-electron chi connectivity index (χ4n) is 4.12. The summed E-state index contributed by atoms with van der Waals surface area (Å²) in [4.78, 5) is 46.3. The van der Waals surface area contributed by atoms with Crippen LogP contribution in [-0.2, 0) is 17.9 Å². The van der Waals surface area contributed by atoms with Crippen molar-refractivity contribution in [1.82, 2.24) is 30.2 Å². The van der Waals surface area contributed by atoms with E-state index in [1.807, 2.05) is 12.1 Å². The van der Waals surface area contributed by atoms with E-state index in [-0.39, 0.29) is 24.9 Å². The summed E-state index contributed by atoms with van der Waals surface area (Å²) < 4.78 is 5.41. The number of imide groups is 1. The second-order valence-corrected chi connectivity index (χ2v) is 8.86. The lowest BCUT2D eigenvalue weighted by Crippen LogP contribution is -2.48. The van der Waals surface area contributed by atoms with Gasteiger partial charge in [-0.1, -0.05) is 28.9 Å². The van der Waals surface area contributed by atoms with Gasteiger partial charge in [0.25, 0.3) is 5.91 Å². The molecular formula is C24H23ClN6O4. The first kappa shape index (κ1) is 23.0. The molecule has 0 bridgehead atoms. The minimum atomic E-state index is -0.413. The normalized spacial score (nSPS) is 16.6. The number of piperazine rings is 1. The van der Waals surface area contributed by atoms with Gasteiger partial charge in [0.05, 0.1) is 19.6 Å². The molecule has 4 amide bonds. The minimum Gasteiger partial charge on any atom is -0.338 e. The molecule has 11 heteroatoms. The summed E-state index contributed by atoms with van der Waals surface area (Å²) in [6.45, 7) is 3.13. The fourth-order valence-corrected chi connectivity index (χ4v) is 4.24. The van der Waals surface area contributed by atoms with Gasteiger partial charge < -0.3 is 14.7 Å². The molecule has 2 aliphatic rings. The van der Waals surface area contributed by atoms with Crippen molar-refractivity contribution in [3.8, 4) is 11.4 Å². The average Bonchev–Trinajstić information content (AvgIpc) is 3.46. The van der Waals surface area contributed by atoms with Crippen LogP contribution in [0.5, 0.6) is 0 Å². The van der Waals surface area contributed by atoms with E-state index < -0.39 is 6.03 Å². The topological polar surface area (TPSA) is 112 Å². The lowest BCUT2D eigenvalue weighted by Gasteiger charge is -2.34. The van der Waals surface area contributed by atoms with Gasteiger partial charge in [-0.2, -0.15) is 4.98 Å². The molecule has 3 heterocycles. The highest BCUT2D eigenvalue weighted by atomic mass is 35.5. The Labute approximate surface area is 206 Å². The van der Waals surface area contributed by atoms with E-state index in [1.54, 1.807) is 41.3 Å². The molecule has 1 N–H and O–H groups in total. The molecule has 2 aliphatic heterocycles. The number of hydrogen-bond acceptors (Lipinski definition) is 7. The van der Waals surface area contributed by atoms with Crippen LogP contribution in [-0.4, -0.2) is 75.4 Å². The van der Waals surface area contributed by atoms with E-state index in [1.165, 1.54) is 0 Å². The van der Waals surface area contributed by atoms with Crippen LogP contribution in [0.3, 0.4) is 0 Å². The van der Waals surface area contributed by atoms with Crippen LogP contribution in [0.4, 0.5) is 4.79 Å². The van der Waals surface area contributed by atoms with Crippen molar-refractivity contribution in [2.75, 3.05) is 32.7 Å². The van der Waals surface area contributed by atoms with Gasteiger partial charge in [-0.25, -0.2) is 4.79 Å². The lowest BCUT2D eigenvalue weighted by atomic mass is 10.1. The molecule has 0 radical (unpaired) electrons. The number of hydrogen-bond donors (Lipinski definition) is 1. The van der Waals surface area contributed by atoms with Crippen molar-refractivity contribution in [2.45, 2.75) is 13.1 Å². The first-order chi connectivity index (χ1) is 17.0. The molecule has 1 aromatic heterocycles. The SMILES string of the molecule is O=C(c1cccc(CN2C(=O)CNC2=O)c1)N1CCN(Cc2nc(-c3ccc(Cl)cc3)no2)CC1.